The zero-order chi connectivity index (χ0) is 30.7. The molecule has 0 radical (unpaired) electrons. The number of nitrogens with zero attached hydrogens (tertiary/aromatic N) is 2. The molecule has 226 valence electrons. The molecular weight excluding hydrogens is 671 g/mol. The average Bonchev–Trinajstić information content (AvgIpc) is 3.42. The number of ether oxygens (including phenoxy) is 2. The van der Waals surface area contributed by atoms with E-state index in [0.717, 1.165) is 26.1 Å². The molecule has 1 spiro atoms. The van der Waals surface area contributed by atoms with E-state index in [9.17, 15) is 14.7 Å². The number of aliphatic hydroxyl groups excluding tert-OH is 1. The molecule has 0 bridgehead atoms. The predicted molar refractivity (Wildman–Crippen MR) is 178 cm³/mol. The molecule has 5 atom stereocenters. The number of likely N-dealkylation sites (N-methyl/N-ethyl adjacent to an activating group) is 1. The summed E-state index contributed by atoms with van der Waals surface area (Å²) in [5, 5.41) is 11.5. The van der Waals surface area contributed by atoms with E-state index in [-0.39, 0.29) is 42.3 Å². The zero-order valence-electron chi connectivity index (χ0n) is 25.3. The SMILES string of the molecule is COc1ccc([Si](C)(C)[C@@H]2[C@@H](CC(=O)N3Cc4ccccc4C[C@H]3CO)O[C@]3(C(=O)N(C)c4ccc(I)cc43)[C@H]2C)cc1. The molecular formula is C34H39IN2O5Si. The fourth-order valence-electron chi connectivity index (χ4n) is 7.92. The zero-order valence-corrected chi connectivity index (χ0v) is 28.5. The Bertz CT molecular complexity index is 1560. The van der Waals surface area contributed by atoms with Gasteiger partial charge in [0.15, 0.2) is 5.60 Å². The minimum absolute atomic E-state index is 0.0318. The number of rotatable bonds is 6. The minimum Gasteiger partial charge on any atom is -0.497 e. The molecule has 3 aliphatic rings. The number of hydrogen-bond donors (Lipinski definition) is 1. The van der Waals surface area contributed by atoms with Crippen molar-refractivity contribution in [1.29, 1.82) is 0 Å². The number of amides is 2. The van der Waals surface area contributed by atoms with Crippen molar-refractivity contribution in [2.24, 2.45) is 5.92 Å². The van der Waals surface area contributed by atoms with Crippen molar-refractivity contribution in [1.82, 2.24) is 4.90 Å². The summed E-state index contributed by atoms with van der Waals surface area (Å²) < 4.78 is 13.5. The maximum Gasteiger partial charge on any atom is 0.264 e. The van der Waals surface area contributed by atoms with Crippen LogP contribution in [0.15, 0.2) is 66.7 Å². The van der Waals surface area contributed by atoms with Crippen molar-refractivity contribution < 1.29 is 24.2 Å². The number of carbonyl (C=O) groups excluding carboxylic acids is 2. The molecule has 0 saturated carbocycles. The van der Waals surface area contributed by atoms with Gasteiger partial charge < -0.3 is 24.4 Å². The molecule has 7 nitrogen and oxygen atoms in total. The maximum atomic E-state index is 14.2. The van der Waals surface area contributed by atoms with E-state index in [0.29, 0.717) is 13.0 Å². The third-order valence-corrected chi connectivity index (χ3v) is 15.2. The molecule has 0 aliphatic carbocycles. The van der Waals surface area contributed by atoms with E-state index in [2.05, 4.69) is 72.9 Å². The van der Waals surface area contributed by atoms with Crippen molar-refractivity contribution >= 4 is 53.4 Å². The summed E-state index contributed by atoms with van der Waals surface area (Å²) in [5.74, 6) is 0.508. The van der Waals surface area contributed by atoms with Crippen molar-refractivity contribution in [3.05, 3.63) is 87.0 Å². The Morgan fingerprint density at radius 3 is 2.49 bits per heavy atom. The summed E-state index contributed by atoms with van der Waals surface area (Å²) in [5.41, 5.74) is 2.84. The highest BCUT2D eigenvalue weighted by atomic mass is 127. The highest BCUT2D eigenvalue weighted by Crippen LogP contribution is 2.59. The number of anilines is 1. The fourth-order valence-corrected chi connectivity index (χ4v) is 12.4. The van der Waals surface area contributed by atoms with E-state index in [1.165, 1.54) is 10.8 Å². The second-order valence-electron chi connectivity index (χ2n) is 12.7. The van der Waals surface area contributed by atoms with Crippen LogP contribution in [0.3, 0.4) is 0 Å². The Hall–Kier alpha value is -2.73. The van der Waals surface area contributed by atoms with Gasteiger partial charge in [-0.05, 0) is 76.0 Å². The van der Waals surface area contributed by atoms with Gasteiger partial charge in [-0.25, -0.2) is 0 Å². The van der Waals surface area contributed by atoms with Crippen LogP contribution in [0.2, 0.25) is 18.6 Å². The predicted octanol–water partition coefficient (Wildman–Crippen LogP) is 4.83. The van der Waals surface area contributed by atoms with Gasteiger partial charge in [0.05, 0.1) is 46.0 Å². The van der Waals surface area contributed by atoms with Crippen LogP contribution in [0, 0.1) is 9.49 Å². The summed E-state index contributed by atoms with van der Waals surface area (Å²) in [7, 11) is 1.12. The van der Waals surface area contributed by atoms with Crippen LogP contribution >= 0.6 is 22.6 Å². The first kappa shape index (κ1) is 30.3. The molecule has 0 aromatic heterocycles. The summed E-state index contributed by atoms with van der Waals surface area (Å²) in [6.07, 6.45) is 0.302. The highest BCUT2D eigenvalue weighted by Gasteiger charge is 2.66. The van der Waals surface area contributed by atoms with Gasteiger partial charge in [-0.1, -0.05) is 61.6 Å². The van der Waals surface area contributed by atoms with Crippen molar-refractivity contribution in [2.45, 2.75) is 62.7 Å². The molecule has 9 heteroatoms. The minimum atomic E-state index is -2.36. The number of fused-ring (bicyclic) bond motifs is 3. The van der Waals surface area contributed by atoms with Gasteiger partial charge in [0.2, 0.25) is 5.91 Å². The third-order valence-electron chi connectivity index (χ3n) is 10.2. The number of aliphatic hydroxyl groups is 1. The second kappa shape index (κ2) is 11.3. The van der Waals surface area contributed by atoms with Gasteiger partial charge in [-0.2, -0.15) is 0 Å². The molecule has 1 fully saturated rings. The van der Waals surface area contributed by atoms with Crippen LogP contribution in [0.25, 0.3) is 0 Å². The van der Waals surface area contributed by atoms with E-state index < -0.39 is 19.8 Å². The Labute approximate surface area is 268 Å². The Kier molecular flexibility index (Phi) is 7.98. The number of benzene rings is 3. The largest absolute Gasteiger partial charge is 0.497 e. The molecule has 0 unspecified atom stereocenters. The number of hydrogen-bond acceptors (Lipinski definition) is 5. The molecule has 1 N–H and O–H groups in total. The number of methoxy groups -OCH3 is 1. The number of carbonyl (C=O) groups is 2. The normalized spacial score (nSPS) is 26.5. The first-order valence-electron chi connectivity index (χ1n) is 14.9. The van der Waals surface area contributed by atoms with Crippen molar-refractivity contribution in [3.8, 4) is 5.75 Å². The molecule has 3 aromatic carbocycles. The van der Waals surface area contributed by atoms with Crippen LogP contribution in [-0.2, 0) is 32.9 Å². The van der Waals surface area contributed by atoms with Crippen molar-refractivity contribution in [2.75, 3.05) is 25.7 Å². The monoisotopic (exact) mass is 710 g/mol. The standard InChI is InChI=1S/C34H39IN2O5Si/c1-21-32(43(4,5)27-13-11-26(41-3)12-14-27)30(42-34(21)28-17-24(35)10-15-29(28)36(2)33(34)40)18-31(39)37-19-23-9-7-6-8-22(23)16-25(37)20-38/h6-15,17,21,25,30,32,38H,16,18-20H2,1-5H3/t21-,25-,30+,32-,34+/m0/s1. The molecule has 2 amide bonds. The Balaban J connectivity index is 1.41. The second-order valence-corrected chi connectivity index (χ2v) is 18.7. The molecule has 3 aromatic rings. The summed E-state index contributed by atoms with van der Waals surface area (Å²) >= 11 is 2.29. The lowest BCUT2D eigenvalue weighted by atomic mass is 9.82. The maximum absolute atomic E-state index is 14.2. The number of halogens is 1. The molecule has 1 saturated heterocycles. The van der Waals surface area contributed by atoms with Crippen LogP contribution in [0.1, 0.15) is 30.0 Å². The quantitative estimate of drug-likeness (QED) is 0.293. The Morgan fingerprint density at radius 1 is 1.12 bits per heavy atom. The van der Waals surface area contributed by atoms with Gasteiger partial charge in [0.1, 0.15) is 5.75 Å². The third kappa shape index (κ3) is 4.83. The van der Waals surface area contributed by atoms with E-state index in [1.54, 1.807) is 12.0 Å². The highest BCUT2D eigenvalue weighted by molar-refractivity contribution is 14.1. The smallest absolute Gasteiger partial charge is 0.264 e. The van der Waals surface area contributed by atoms with Crippen LogP contribution in [0.4, 0.5) is 5.69 Å². The van der Waals surface area contributed by atoms with Crippen LogP contribution in [-0.4, -0.2) is 62.8 Å². The van der Waals surface area contributed by atoms with Gasteiger partial charge in [-0.3, -0.25) is 9.59 Å². The summed E-state index contributed by atoms with van der Waals surface area (Å²) in [6.45, 7) is 7.14. The van der Waals surface area contributed by atoms with E-state index in [1.807, 2.05) is 48.3 Å². The Morgan fingerprint density at radius 2 is 1.81 bits per heavy atom. The van der Waals surface area contributed by atoms with Crippen LogP contribution in [0.5, 0.6) is 5.75 Å². The first-order valence-corrected chi connectivity index (χ1v) is 19.1. The lowest BCUT2D eigenvalue weighted by molar-refractivity contribution is -0.150. The van der Waals surface area contributed by atoms with E-state index in [4.69, 9.17) is 9.47 Å². The fraction of sp³-hybridized carbons (Fsp3) is 0.412. The van der Waals surface area contributed by atoms with Gasteiger partial charge in [-0.15, -0.1) is 0 Å². The summed E-state index contributed by atoms with van der Waals surface area (Å²) in [6, 6.07) is 22.2. The average molecular weight is 711 g/mol. The molecule has 3 aliphatic heterocycles. The van der Waals surface area contributed by atoms with Crippen molar-refractivity contribution in [3.63, 3.8) is 0 Å². The molecule has 43 heavy (non-hydrogen) atoms. The molecule has 6 rings (SSSR count). The van der Waals surface area contributed by atoms with Gasteiger partial charge in [0, 0.05) is 28.6 Å². The van der Waals surface area contributed by atoms with Gasteiger partial charge in [0.25, 0.3) is 5.91 Å². The molecule has 3 heterocycles. The summed E-state index contributed by atoms with van der Waals surface area (Å²) in [4.78, 5) is 32.0. The lowest BCUT2D eigenvalue weighted by Gasteiger charge is -2.39. The van der Waals surface area contributed by atoms with E-state index >= 15 is 0 Å². The first-order chi connectivity index (χ1) is 20.5. The van der Waals surface area contributed by atoms with Gasteiger partial charge >= 0.3 is 0 Å². The lowest BCUT2D eigenvalue weighted by Crippen LogP contribution is -2.52. The van der Waals surface area contributed by atoms with Crippen LogP contribution < -0.4 is 14.8 Å². The topological polar surface area (TPSA) is 79.3 Å².